The van der Waals surface area contributed by atoms with Gasteiger partial charge in [-0.3, -0.25) is 4.79 Å². The van der Waals surface area contributed by atoms with Gasteiger partial charge in [0.15, 0.2) is 6.61 Å². The van der Waals surface area contributed by atoms with E-state index in [2.05, 4.69) is 5.32 Å². The molecular weight excluding hydrogens is 398 g/mol. The van der Waals surface area contributed by atoms with Gasteiger partial charge in [-0.1, -0.05) is 36.4 Å². The molecule has 0 bridgehead atoms. The fourth-order valence-electron chi connectivity index (χ4n) is 3.42. The zero-order valence-corrected chi connectivity index (χ0v) is 17.5. The third-order valence-corrected chi connectivity index (χ3v) is 5.88. The second kappa shape index (κ2) is 8.55. The third kappa shape index (κ3) is 4.14. The van der Waals surface area contributed by atoms with Gasteiger partial charge in [-0.2, -0.15) is 0 Å². The van der Waals surface area contributed by atoms with Crippen LogP contribution in [0.15, 0.2) is 75.3 Å². The molecule has 1 atom stereocenters. The summed E-state index contributed by atoms with van der Waals surface area (Å²) >= 11 is 1.59. The molecule has 152 valence electrons. The van der Waals surface area contributed by atoms with Crippen molar-refractivity contribution in [3.8, 4) is 5.75 Å². The zero-order chi connectivity index (χ0) is 21.1. The maximum absolute atomic E-state index is 12.7. The monoisotopic (exact) mass is 419 g/mol. The van der Waals surface area contributed by atoms with E-state index in [1.165, 1.54) is 6.07 Å². The average molecular weight is 420 g/mol. The van der Waals surface area contributed by atoms with Crippen molar-refractivity contribution >= 4 is 28.2 Å². The Balaban J connectivity index is 1.52. The predicted molar refractivity (Wildman–Crippen MR) is 118 cm³/mol. The Morgan fingerprint density at radius 1 is 1.10 bits per heavy atom. The van der Waals surface area contributed by atoms with Crippen LogP contribution in [0.25, 0.3) is 11.0 Å². The zero-order valence-electron chi connectivity index (χ0n) is 16.7. The first kappa shape index (κ1) is 19.9. The van der Waals surface area contributed by atoms with Crippen molar-refractivity contribution in [1.82, 2.24) is 5.32 Å². The highest BCUT2D eigenvalue weighted by Gasteiger charge is 2.18. The van der Waals surface area contributed by atoms with E-state index in [-0.39, 0.29) is 18.6 Å². The number of ether oxygens (including phenoxy) is 1. The molecule has 0 aliphatic heterocycles. The fourth-order valence-corrected chi connectivity index (χ4v) is 4.22. The van der Waals surface area contributed by atoms with Gasteiger partial charge in [0.05, 0.1) is 6.04 Å². The summed E-state index contributed by atoms with van der Waals surface area (Å²) in [5.74, 6) is 0.279. The first-order chi connectivity index (χ1) is 14.5. The van der Waals surface area contributed by atoms with Crippen LogP contribution in [0.2, 0.25) is 0 Å². The molecule has 0 saturated carbocycles. The molecule has 0 radical (unpaired) electrons. The molecule has 0 unspecified atom stereocenters. The van der Waals surface area contributed by atoms with Gasteiger partial charge in [0, 0.05) is 21.9 Å². The molecular formula is C24H21NO4S. The van der Waals surface area contributed by atoms with E-state index in [9.17, 15) is 9.59 Å². The SMILES string of the molecule is Cc1cc(=O)oc2c(C)c(OCC(=O)N[C@@H](c3ccccc3)c3cccs3)ccc12. The van der Waals surface area contributed by atoms with Crippen LogP contribution in [-0.2, 0) is 4.79 Å². The molecule has 0 saturated heterocycles. The van der Waals surface area contributed by atoms with Crippen LogP contribution in [0.1, 0.15) is 27.6 Å². The highest BCUT2D eigenvalue weighted by atomic mass is 32.1. The summed E-state index contributed by atoms with van der Waals surface area (Å²) in [4.78, 5) is 25.5. The molecule has 1 N–H and O–H groups in total. The lowest BCUT2D eigenvalue weighted by Crippen LogP contribution is -2.33. The molecule has 2 aromatic heterocycles. The van der Waals surface area contributed by atoms with Crippen molar-refractivity contribution in [2.45, 2.75) is 19.9 Å². The molecule has 4 aromatic rings. The van der Waals surface area contributed by atoms with Gasteiger partial charge < -0.3 is 14.5 Å². The number of thiophene rings is 1. The maximum atomic E-state index is 12.7. The van der Waals surface area contributed by atoms with Crippen LogP contribution < -0.4 is 15.7 Å². The molecule has 2 heterocycles. The lowest BCUT2D eigenvalue weighted by atomic mass is 10.1. The lowest BCUT2D eigenvalue weighted by molar-refractivity contribution is -0.123. The second-order valence-corrected chi connectivity index (χ2v) is 8.01. The van der Waals surface area contributed by atoms with Gasteiger partial charge in [0.1, 0.15) is 11.3 Å². The number of hydrogen-bond donors (Lipinski definition) is 1. The summed E-state index contributed by atoms with van der Waals surface area (Å²) in [6.45, 7) is 3.54. The van der Waals surface area contributed by atoms with Crippen LogP contribution in [-0.4, -0.2) is 12.5 Å². The van der Waals surface area contributed by atoms with Gasteiger partial charge >= 0.3 is 5.63 Å². The molecule has 1 amide bonds. The van der Waals surface area contributed by atoms with Gasteiger partial charge in [0.25, 0.3) is 5.91 Å². The number of carbonyl (C=O) groups is 1. The molecule has 0 spiro atoms. The van der Waals surface area contributed by atoms with Gasteiger partial charge in [-0.05, 0) is 48.6 Å². The summed E-state index contributed by atoms with van der Waals surface area (Å²) in [6.07, 6.45) is 0. The predicted octanol–water partition coefficient (Wildman–Crippen LogP) is 4.76. The van der Waals surface area contributed by atoms with Crippen molar-refractivity contribution in [3.63, 3.8) is 0 Å². The third-order valence-electron chi connectivity index (χ3n) is 4.94. The molecule has 0 aliphatic carbocycles. The Bertz CT molecular complexity index is 1230. The Kier molecular flexibility index (Phi) is 5.68. The number of amides is 1. The minimum absolute atomic E-state index is 0.142. The Morgan fingerprint density at radius 3 is 2.63 bits per heavy atom. The van der Waals surface area contributed by atoms with E-state index >= 15 is 0 Å². The van der Waals surface area contributed by atoms with Crippen LogP contribution in [0.5, 0.6) is 5.75 Å². The molecule has 0 fully saturated rings. The minimum Gasteiger partial charge on any atom is -0.483 e. The largest absolute Gasteiger partial charge is 0.483 e. The van der Waals surface area contributed by atoms with E-state index in [0.717, 1.165) is 21.4 Å². The Labute approximate surface area is 177 Å². The number of benzene rings is 2. The average Bonchev–Trinajstić information content (AvgIpc) is 3.27. The maximum Gasteiger partial charge on any atom is 0.336 e. The smallest absolute Gasteiger partial charge is 0.336 e. The van der Waals surface area contributed by atoms with Crippen molar-refractivity contribution in [3.05, 3.63) is 98.0 Å². The van der Waals surface area contributed by atoms with Crippen LogP contribution >= 0.6 is 11.3 Å². The van der Waals surface area contributed by atoms with Crippen LogP contribution in [0, 0.1) is 13.8 Å². The van der Waals surface area contributed by atoms with Gasteiger partial charge in [0.2, 0.25) is 0 Å². The first-order valence-corrected chi connectivity index (χ1v) is 10.5. The number of rotatable bonds is 6. The van der Waals surface area contributed by atoms with Crippen molar-refractivity contribution in [2.75, 3.05) is 6.61 Å². The van der Waals surface area contributed by atoms with E-state index in [1.807, 2.05) is 67.8 Å². The molecule has 30 heavy (non-hydrogen) atoms. The van der Waals surface area contributed by atoms with Crippen LogP contribution in [0.4, 0.5) is 0 Å². The van der Waals surface area contributed by atoms with E-state index in [4.69, 9.17) is 9.15 Å². The molecule has 6 heteroatoms. The molecule has 0 aliphatic rings. The first-order valence-electron chi connectivity index (χ1n) is 9.57. The fraction of sp³-hybridized carbons (Fsp3) is 0.167. The van der Waals surface area contributed by atoms with E-state index in [0.29, 0.717) is 16.9 Å². The van der Waals surface area contributed by atoms with Crippen LogP contribution in [0.3, 0.4) is 0 Å². The number of aryl methyl sites for hydroxylation is 2. The van der Waals surface area contributed by atoms with Crippen molar-refractivity contribution in [1.29, 1.82) is 0 Å². The lowest BCUT2D eigenvalue weighted by Gasteiger charge is -2.18. The second-order valence-electron chi connectivity index (χ2n) is 7.03. The molecule has 5 nitrogen and oxygen atoms in total. The summed E-state index contributed by atoms with van der Waals surface area (Å²) in [5, 5.41) is 5.89. The molecule has 4 rings (SSSR count). The summed E-state index contributed by atoms with van der Waals surface area (Å²) in [7, 11) is 0. The van der Waals surface area contributed by atoms with Gasteiger partial charge in [-0.25, -0.2) is 4.79 Å². The minimum atomic E-state index is -0.403. The summed E-state index contributed by atoms with van der Waals surface area (Å²) in [6, 6.07) is 18.7. The Morgan fingerprint density at radius 2 is 1.90 bits per heavy atom. The molecule has 2 aromatic carbocycles. The number of carbonyl (C=O) groups excluding carboxylic acids is 1. The summed E-state index contributed by atoms with van der Waals surface area (Å²) in [5.41, 5.74) is 2.62. The highest BCUT2D eigenvalue weighted by molar-refractivity contribution is 7.10. The van der Waals surface area contributed by atoms with Gasteiger partial charge in [-0.15, -0.1) is 11.3 Å². The summed E-state index contributed by atoms with van der Waals surface area (Å²) < 4.78 is 11.1. The van der Waals surface area contributed by atoms with E-state index in [1.54, 1.807) is 17.4 Å². The topological polar surface area (TPSA) is 68.5 Å². The quantitative estimate of drug-likeness (QED) is 0.458. The van der Waals surface area contributed by atoms with Crippen molar-refractivity contribution < 1.29 is 13.9 Å². The standard InChI is InChI=1S/C24H21NO4S/c1-15-13-22(27)29-24-16(2)19(11-10-18(15)24)28-14-21(26)25-23(20-9-6-12-30-20)17-7-4-3-5-8-17/h3-13,23H,14H2,1-2H3,(H,25,26)/t23-/m0/s1. The number of nitrogens with one attached hydrogen (secondary N) is 1. The van der Waals surface area contributed by atoms with Crippen molar-refractivity contribution in [2.24, 2.45) is 0 Å². The number of fused-ring (bicyclic) bond motifs is 1. The highest BCUT2D eigenvalue weighted by Crippen LogP contribution is 2.29. The number of hydrogen-bond acceptors (Lipinski definition) is 5. The van der Waals surface area contributed by atoms with E-state index < -0.39 is 5.63 Å². The normalized spacial score (nSPS) is 11.9. The Hall–Kier alpha value is -3.38.